The zero-order valence-electron chi connectivity index (χ0n) is 16.7. The summed E-state index contributed by atoms with van der Waals surface area (Å²) in [6.07, 6.45) is 2.97. The molecule has 0 spiro atoms. The van der Waals surface area contributed by atoms with E-state index < -0.39 is 5.97 Å². The van der Waals surface area contributed by atoms with Crippen molar-refractivity contribution in [3.63, 3.8) is 0 Å². The van der Waals surface area contributed by atoms with Crippen LogP contribution in [0.3, 0.4) is 0 Å². The highest BCUT2D eigenvalue weighted by Gasteiger charge is 2.12. The Labute approximate surface area is 169 Å². The highest BCUT2D eigenvalue weighted by Crippen LogP contribution is 2.38. The molecule has 3 rings (SSSR count). The molecule has 0 bridgehead atoms. The number of ether oxygens (including phenoxy) is 5. The number of methoxy groups -OCH3 is 4. The van der Waals surface area contributed by atoms with Gasteiger partial charge in [0.15, 0.2) is 11.5 Å². The van der Waals surface area contributed by atoms with Crippen LogP contribution in [0.5, 0.6) is 28.7 Å². The first-order valence-corrected chi connectivity index (χ1v) is 8.85. The van der Waals surface area contributed by atoms with E-state index in [2.05, 4.69) is 0 Å². The summed E-state index contributed by atoms with van der Waals surface area (Å²) in [5, 5.41) is 1.95. The van der Waals surface area contributed by atoms with Gasteiger partial charge in [-0.15, -0.1) is 0 Å². The van der Waals surface area contributed by atoms with E-state index in [4.69, 9.17) is 23.7 Å². The molecule has 0 saturated carbocycles. The summed E-state index contributed by atoms with van der Waals surface area (Å²) in [5.41, 5.74) is 0.708. The number of esters is 1. The van der Waals surface area contributed by atoms with Crippen LogP contribution in [-0.2, 0) is 4.79 Å². The molecule has 0 aliphatic carbocycles. The van der Waals surface area contributed by atoms with Crippen molar-refractivity contribution in [1.82, 2.24) is 0 Å². The van der Waals surface area contributed by atoms with Crippen molar-refractivity contribution < 1.29 is 28.5 Å². The Morgan fingerprint density at radius 1 is 0.724 bits per heavy atom. The summed E-state index contributed by atoms with van der Waals surface area (Å²) in [6.45, 7) is 0. The summed E-state index contributed by atoms with van der Waals surface area (Å²) < 4.78 is 26.6. The zero-order chi connectivity index (χ0) is 20.8. The summed E-state index contributed by atoms with van der Waals surface area (Å²) in [4.78, 5) is 12.3. The molecule has 0 aliphatic heterocycles. The summed E-state index contributed by atoms with van der Waals surface area (Å²) >= 11 is 0. The van der Waals surface area contributed by atoms with Gasteiger partial charge in [0.25, 0.3) is 0 Å². The fourth-order valence-corrected chi connectivity index (χ4v) is 2.91. The van der Waals surface area contributed by atoms with Crippen molar-refractivity contribution in [2.75, 3.05) is 28.4 Å². The van der Waals surface area contributed by atoms with Crippen LogP contribution in [0.1, 0.15) is 5.56 Å². The van der Waals surface area contributed by atoms with Gasteiger partial charge in [-0.3, -0.25) is 0 Å². The zero-order valence-corrected chi connectivity index (χ0v) is 16.7. The molecular formula is C23H22O6. The second kappa shape index (κ2) is 9.01. The number of benzene rings is 3. The molecule has 3 aromatic rings. The van der Waals surface area contributed by atoms with E-state index in [9.17, 15) is 4.79 Å². The first-order valence-electron chi connectivity index (χ1n) is 8.85. The van der Waals surface area contributed by atoms with Crippen LogP contribution in [0.2, 0.25) is 0 Å². The molecule has 0 fully saturated rings. The van der Waals surface area contributed by atoms with Crippen molar-refractivity contribution >= 4 is 22.8 Å². The van der Waals surface area contributed by atoms with E-state index in [1.54, 1.807) is 37.5 Å². The predicted molar refractivity (Wildman–Crippen MR) is 111 cm³/mol. The average Bonchev–Trinajstić information content (AvgIpc) is 2.76. The Kier molecular flexibility index (Phi) is 6.24. The maximum absolute atomic E-state index is 12.3. The molecule has 0 aromatic heterocycles. The van der Waals surface area contributed by atoms with Crippen LogP contribution in [0.15, 0.2) is 54.6 Å². The van der Waals surface area contributed by atoms with Crippen molar-refractivity contribution in [3.8, 4) is 28.7 Å². The third-order valence-electron chi connectivity index (χ3n) is 4.34. The van der Waals surface area contributed by atoms with Gasteiger partial charge in [-0.05, 0) is 58.8 Å². The molecule has 0 radical (unpaired) electrons. The molecule has 0 heterocycles. The minimum absolute atomic E-state index is 0.449. The molecule has 150 valence electrons. The number of fused-ring (bicyclic) bond motifs is 1. The van der Waals surface area contributed by atoms with Crippen molar-refractivity contribution in [2.24, 2.45) is 0 Å². The van der Waals surface area contributed by atoms with Gasteiger partial charge in [-0.2, -0.15) is 0 Å². The minimum atomic E-state index is -0.499. The summed E-state index contributed by atoms with van der Waals surface area (Å²) in [5.74, 6) is 2.18. The van der Waals surface area contributed by atoms with Gasteiger partial charge in [0.2, 0.25) is 5.75 Å². The van der Waals surface area contributed by atoms with E-state index in [0.29, 0.717) is 28.6 Å². The lowest BCUT2D eigenvalue weighted by Gasteiger charge is -2.12. The molecule has 0 amide bonds. The lowest BCUT2D eigenvalue weighted by atomic mass is 10.1. The maximum Gasteiger partial charge on any atom is 0.336 e. The van der Waals surface area contributed by atoms with Gasteiger partial charge in [0.05, 0.1) is 28.4 Å². The van der Waals surface area contributed by atoms with E-state index in [1.807, 2.05) is 24.3 Å². The molecule has 29 heavy (non-hydrogen) atoms. The van der Waals surface area contributed by atoms with E-state index in [-0.39, 0.29) is 0 Å². The SMILES string of the molecule is COc1ccc2ccc(OC(=O)C=Cc3cc(OC)c(OC)c(OC)c3)cc2c1. The van der Waals surface area contributed by atoms with Gasteiger partial charge in [-0.1, -0.05) is 12.1 Å². The number of hydrogen-bond acceptors (Lipinski definition) is 6. The fraction of sp³-hybridized carbons (Fsp3) is 0.174. The van der Waals surface area contributed by atoms with Crippen LogP contribution in [0.25, 0.3) is 16.8 Å². The molecular weight excluding hydrogens is 372 g/mol. The smallest absolute Gasteiger partial charge is 0.336 e. The molecule has 0 atom stereocenters. The standard InChI is InChI=1S/C23H22O6/c1-25-18-8-6-16-7-9-19(14-17(16)13-18)29-22(24)10-5-15-11-20(26-2)23(28-4)21(12-15)27-3/h5-14H,1-4H3. The van der Waals surface area contributed by atoms with Gasteiger partial charge < -0.3 is 23.7 Å². The molecule has 3 aromatic carbocycles. The van der Waals surface area contributed by atoms with Gasteiger partial charge in [-0.25, -0.2) is 4.79 Å². The third kappa shape index (κ3) is 4.60. The van der Waals surface area contributed by atoms with Gasteiger partial charge in [0, 0.05) is 6.08 Å². The Morgan fingerprint density at radius 3 is 1.93 bits per heavy atom. The van der Waals surface area contributed by atoms with E-state index in [0.717, 1.165) is 16.5 Å². The molecule has 0 saturated heterocycles. The predicted octanol–water partition coefficient (Wildman–Crippen LogP) is 4.49. The van der Waals surface area contributed by atoms with E-state index >= 15 is 0 Å². The quantitative estimate of drug-likeness (QED) is 0.334. The second-order valence-electron chi connectivity index (χ2n) is 6.09. The van der Waals surface area contributed by atoms with Crippen LogP contribution >= 0.6 is 0 Å². The Hall–Kier alpha value is -3.67. The Balaban J connectivity index is 1.78. The molecule has 0 aliphatic rings. The number of hydrogen-bond donors (Lipinski definition) is 0. The van der Waals surface area contributed by atoms with Gasteiger partial charge >= 0.3 is 5.97 Å². The lowest BCUT2D eigenvalue weighted by molar-refractivity contribution is -0.128. The van der Waals surface area contributed by atoms with Gasteiger partial charge in [0.1, 0.15) is 11.5 Å². The largest absolute Gasteiger partial charge is 0.497 e. The van der Waals surface area contributed by atoms with Crippen LogP contribution in [0, 0.1) is 0 Å². The monoisotopic (exact) mass is 394 g/mol. The molecule has 0 unspecified atom stereocenters. The molecule has 0 N–H and O–H groups in total. The highest BCUT2D eigenvalue weighted by molar-refractivity contribution is 5.90. The fourth-order valence-electron chi connectivity index (χ4n) is 2.91. The first-order chi connectivity index (χ1) is 14.1. The minimum Gasteiger partial charge on any atom is -0.497 e. The van der Waals surface area contributed by atoms with E-state index in [1.165, 1.54) is 27.4 Å². The highest BCUT2D eigenvalue weighted by atomic mass is 16.5. The summed E-state index contributed by atoms with van der Waals surface area (Å²) in [6, 6.07) is 14.6. The third-order valence-corrected chi connectivity index (χ3v) is 4.34. The van der Waals surface area contributed by atoms with Crippen LogP contribution < -0.4 is 23.7 Å². The number of carbonyl (C=O) groups excluding carboxylic acids is 1. The topological polar surface area (TPSA) is 63.2 Å². The Morgan fingerprint density at radius 2 is 1.34 bits per heavy atom. The number of rotatable bonds is 7. The first kappa shape index (κ1) is 20.1. The lowest BCUT2D eigenvalue weighted by Crippen LogP contribution is -2.03. The normalized spacial score (nSPS) is 10.8. The maximum atomic E-state index is 12.3. The average molecular weight is 394 g/mol. The Bertz CT molecular complexity index is 1030. The van der Waals surface area contributed by atoms with Crippen LogP contribution in [-0.4, -0.2) is 34.4 Å². The van der Waals surface area contributed by atoms with Crippen molar-refractivity contribution in [2.45, 2.75) is 0 Å². The van der Waals surface area contributed by atoms with Crippen molar-refractivity contribution in [1.29, 1.82) is 0 Å². The second-order valence-corrected chi connectivity index (χ2v) is 6.09. The molecule has 6 heteroatoms. The summed E-state index contributed by atoms with van der Waals surface area (Å²) in [7, 11) is 6.22. The van der Waals surface area contributed by atoms with Crippen LogP contribution in [0.4, 0.5) is 0 Å². The number of carbonyl (C=O) groups is 1. The molecule has 6 nitrogen and oxygen atoms in total. The van der Waals surface area contributed by atoms with Crippen molar-refractivity contribution in [3.05, 3.63) is 60.2 Å².